The quantitative estimate of drug-likeness (QED) is 0.877. The highest BCUT2D eigenvalue weighted by atomic mass is 19.4. The van der Waals surface area contributed by atoms with Crippen LogP contribution in [0.25, 0.3) is 0 Å². The zero-order valence-corrected chi connectivity index (χ0v) is 11.8. The summed E-state index contributed by atoms with van der Waals surface area (Å²) in [5.41, 5.74) is 0.270. The van der Waals surface area contributed by atoms with Crippen molar-refractivity contribution in [3.8, 4) is 0 Å². The number of piperidine rings is 1. The van der Waals surface area contributed by atoms with E-state index in [1.165, 1.54) is 6.07 Å². The van der Waals surface area contributed by atoms with E-state index < -0.39 is 11.7 Å². The van der Waals surface area contributed by atoms with Crippen molar-refractivity contribution in [1.29, 1.82) is 0 Å². The number of nitrogens with zero attached hydrogens (tertiary/aromatic N) is 1. The minimum atomic E-state index is -4.34. The minimum Gasteiger partial charge on any atom is -0.337 e. The van der Waals surface area contributed by atoms with Gasteiger partial charge in [0, 0.05) is 19.3 Å². The van der Waals surface area contributed by atoms with Crippen molar-refractivity contribution in [3.63, 3.8) is 0 Å². The van der Waals surface area contributed by atoms with Crippen molar-refractivity contribution in [2.45, 2.75) is 24.9 Å². The van der Waals surface area contributed by atoms with Crippen molar-refractivity contribution in [1.82, 2.24) is 15.1 Å². The highest BCUT2D eigenvalue weighted by Gasteiger charge is 2.36. The third-order valence-corrected chi connectivity index (χ3v) is 4.14. The van der Waals surface area contributed by atoms with E-state index in [0.717, 1.165) is 6.07 Å². The van der Waals surface area contributed by atoms with E-state index in [9.17, 15) is 18.0 Å². The van der Waals surface area contributed by atoms with E-state index in [2.05, 4.69) is 10.2 Å². The largest absolute Gasteiger partial charge is 0.416 e. The van der Waals surface area contributed by atoms with Crippen molar-refractivity contribution < 1.29 is 18.0 Å². The van der Waals surface area contributed by atoms with Crippen LogP contribution in [-0.4, -0.2) is 34.1 Å². The maximum atomic E-state index is 13.1. The molecule has 118 valence electrons. The fourth-order valence-corrected chi connectivity index (χ4v) is 2.93. The summed E-state index contributed by atoms with van der Waals surface area (Å²) in [7, 11) is 0. The van der Waals surface area contributed by atoms with Gasteiger partial charge in [0.05, 0.1) is 5.56 Å². The molecule has 1 aromatic carbocycles. The highest BCUT2D eigenvalue weighted by molar-refractivity contribution is 5.92. The number of H-pyrrole nitrogens is 2. The summed E-state index contributed by atoms with van der Waals surface area (Å²) in [6.07, 6.45) is -1.68. The molecule has 3 rings (SSSR count). The number of hydrogen-bond donors (Lipinski definition) is 2. The Hall–Kier alpha value is -2.18. The smallest absolute Gasteiger partial charge is 0.337 e. The van der Waals surface area contributed by atoms with Crippen LogP contribution in [0.3, 0.4) is 0 Å². The molecule has 0 atom stereocenters. The third-order valence-electron chi connectivity index (χ3n) is 4.14. The van der Waals surface area contributed by atoms with Gasteiger partial charge in [-0.25, -0.2) is 0 Å². The molecule has 1 fully saturated rings. The molecule has 7 heteroatoms. The molecule has 0 aliphatic carbocycles. The summed E-state index contributed by atoms with van der Waals surface area (Å²) in [6, 6.07) is 5.72. The number of aromatic nitrogens is 2. The summed E-state index contributed by atoms with van der Waals surface area (Å²) in [5.74, 6) is -0.273. The van der Waals surface area contributed by atoms with Gasteiger partial charge >= 0.3 is 6.18 Å². The molecule has 1 saturated heterocycles. The van der Waals surface area contributed by atoms with Gasteiger partial charge in [-0.2, -0.15) is 13.2 Å². The van der Waals surface area contributed by atoms with Gasteiger partial charge in [-0.05, 0) is 30.4 Å². The number of hydrogen-bond acceptors (Lipinski definition) is 1. The first-order valence-electron chi connectivity index (χ1n) is 7.14. The molecule has 4 nitrogen and oxygen atoms in total. The van der Waals surface area contributed by atoms with E-state index in [-0.39, 0.29) is 11.8 Å². The fourth-order valence-electron chi connectivity index (χ4n) is 2.93. The lowest BCUT2D eigenvalue weighted by molar-refractivity contribution is -0.138. The molecule has 2 heterocycles. The molecule has 0 spiro atoms. The van der Waals surface area contributed by atoms with Crippen molar-refractivity contribution in [2.75, 3.05) is 13.1 Å². The minimum absolute atomic E-state index is 0.110. The Morgan fingerprint density at radius 1 is 1.18 bits per heavy atom. The van der Waals surface area contributed by atoms with Crippen molar-refractivity contribution in [2.24, 2.45) is 0 Å². The Bertz CT molecular complexity index is 642. The molecule has 1 aliphatic rings. The van der Waals surface area contributed by atoms with Gasteiger partial charge in [0.1, 0.15) is 5.69 Å². The second-order valence-corrected chi connectivity index (χ2v) is 5.48. The zero-order valence-electron chi connectivity index (χ0n) is 11.8. The van der Waals surface area contributed by atoms with Gasteiger partial charge in [0.2, 0.25) is 0 Å². The Labute approximate surface area is 125 Å². The van der Waals surface area contributed by atoms with Crippen LogP contribution in [0.2, 0.25) is 0 Å². The highest BCUT2D eigenvalue weighted by Crippen LogP contribution is 2.38. The number of carbonyl (C=O) groups is 1. The molecule has 22 heavy (non-hydrogen) atoms. The standard InChI is InChI=1S/C15H16F3N3O/c16-15(17,18)12-4-2-1-3-11(12)10-5-7-21(8-6-10)14(22)13-9-19-20-13/h1-4,9-10,19-20H,5-8H2. The van der Waals surface area contributed by atoms with Gasteiger partial charge in [0.15, 0.2) is 0 Å². The van der Waals surface area contributed by atoms with Gasteiger partial charge in [-0.3, -0.25) is 9.89 Å². The molecule has 2 N–H and O–H groups in total. The molecule has 1 aliphatic heterocycles. The summed E-state index contributed by atoms with van der Waals surface area (Å²) < 4.78 is 39.2. The van der Waals surface area contributed by atoms with Crippen LogP contribution in [0, 0.1) is 0 Å². The number of benzene rings is 1. The maximum absolute atomic E-state index is 13.1. The van der Waals surface area contributed by atoms with E-state index in [0.29, 0.717) is 37.2 Å². The number of carbonyl (C=O) groups excluding carboxylic acids is 1. The third kappa shape index (κ3) is 2.75. The SMILES string of the molecule is O=C(c1c[nH][nH]1)N1CCC(c2ccccc2C(F)(F)F)CC1. The predicted octanol–water partition coefficient (Wildman–Crippen LogP) is 3.38. The summed E-state index contributed by atoms with van der Waals surface area (Å²) in [5, 5.41) is 5.34. The number of likely N-dealkylation sites (tertiary alicyclic amines) is 1. The van der Waals surface area contributed by atoms with E-state index in [1.807, 2.05) is 0 Å². The zero-order chi connectivity index (χ0) is 15.7. The lowest BCUT2D eigenvalue weighted by Crippen LogP contribution is -2.39. The number of alkyl halides is 3. The first-order valence-corrected chi connectivity index (χ1v) is 7.14. The van der Waals surface area contributed by atoms with Crippen LogP contribution in [0.1, 0.15) is 40.4 Å². The first-order chi connectivity index (χ1) is 10.5. The molecule has 0 unspecified atom stereocenters. The number of amides is 1. The second kappa shape index (κ2) is 5.55. The first kappa shape index (κ1) is 14.7. The number of aromatic amines is 2. The summed E-state index contributed by atoms with van der Waals surface area (Å²) in [4.78, 5) is 13.7. The van der Waals surface area contributed by atoms with Gasteiger partial charge in [0.25, 0.3) is 5.91 Å². The Morgan fingerprint density at radius 2 is 1.82 bits per heavy atom. The van der Waals surface area contributed by atoms with E-state index in [4.69, 9.17) is 0 Å². The Kier molecular flexibility index (Phi) is 3.72. The number of halogens is 3. The lowest BCUT2D eigenvalue weighted by atomic mass is 9.86. The summed E-state index contributed by atoms with van der Waals surface area (Å²) >= 11 is 0. The van der Waals surface area contributed by atoms with Crippen LogP contribution in [0.5, 0.6) is 0 Å². The van der Waals surface area contributed by atoms with E-state index >= 15 is 0 Å². The van der Waals surface area contributed by atoms with Crippen LogP contribution in [-0.2, 0) is 6.18 Å². The van der Waals surface area contributed by atoms with Crippen molar-refractivity contribution in [3.05, 3.63) is 47.3 Å². The van der Waals surface area contributed by atoms with Crippen LogP contribution in [0.4, 0.5) is 13.2 Å². The molecule has 0 saturated carbocycles. The fraction of sp³-hybridized carbons (Fsp3) is 0.400. The van der Waals surface area contributed by atoms with Crippen LogP contribution in [0.15, 0.2) is 30.5 Å². The maximum Gasteiger partial charge on any atom is 0.416 e. The molecule has 0 bridgehead atoms. The average molecular weight is 311 g/mol. The van der Waals surface area contributed by atoms with Crippen LogP contribution < -0.4 is 0 Å². The number of rotatable bonds is 2. The Balaban J connectivity index is 1.71. The predicted molar refractivity (Wildman–Crippen MR) is 74.5 cm³/mol. The van der Waals surface area contributed by atoms with Gasteiger partial charge in [-0.1, -0.05) is 18.2 Å². The van der Waals surface area contributed by atoms with Crippen LogP contribution >= 0.6 is 0 Å². The molecule has 1 amide bonds. The molecule has 1 aromatic heterocycles. The Morgan fingerprint density at radius 3 is 2.36 bits per heavy atom. The molecular weight excluding hydrogens is 295 g/mol. The number of nitrogens with one attached hydrogen (secondary N) is 2. The van der Waals surface area contributed by atoms with Crippen molar-refractivity contribution >= 4 is 5.91 Å². The normalized spacial score (nSPS) is 17.0. The topological polar surface area (TPSA) is 51.9 Å². The van der Waals surface area contributed by atoms with E-state index in [1.54, 1.807) is 23.2 Å². The monoisotopic (exact) mass is 311 g/mol. The lowest BCUT2D eigenvalue weighted by Gasteiger charge is -2.33. The molecule has 2 aromatic rings. The second-order valence-electron chi connectivity index (χ2n) is 5.48. The molecular formula is C15H16F3N3O. The van der Waals surface area contributed by atoms with Gasteiger partial charge in [-0.15, -0.1) is 0 Å². The summed E-state index contributed by atoms with van der Waals surface area (Å²) in [6.45, 7) is 0.934. The average Bonchev–Trinajstić information content (AvgIpc) is 2.45. The molecule has 0 radical (unpaired) electrons. The van der Waals surface area contributed by atoms with Gasteiger partial charge < -0.3 is 10.00 Å².